The Labute approximate surface area is 114 Å². The Morgan fingerprint density at radius 3 is 2.79 bits per heavy atom. The lowest BCUT2D eigenvalue weighted by molar-refractivity contribution is -0.115. The molecule has 0 spiro atoms. The fourth-order valence-corrected chi connectivity index (χ4v) is 2.53. The molecule has 1 aliphatic rings. The summed E-state index contributed by atoms with van der Waals surface area (Å²) >= 11 is 0. The molecule has 0 radical (unpaired) electrons. The molecule has 2 rings (SSSR count). The molecule has 1 unspecified atom stereocenters. The second kappa shape index (κ2) is 5.43. The molecule has 0 saturated heterocycles. The van der Waals surface area contributed by atoms with Crippen LogP contribution in [0.1, 0.15) is 27.2 Å². The Kier molecular flexibility index (Phi) is 3.88. The highest BCUT2D eigenvalue weighted by atomic mass is 16.1. The maximum Gasteiger partial charge on any atom is 0.180 e. The Bertz CT molecular complexity index is 495. The van der Waals surface area contributed by atoms with Crippen molar-refractivity contribution in [1.29, 1.82) is 0 Å². The van der Waals surface area contributed by atoms with Crippen LogP contribution in [0.4, 0.5) is 5.82 Å². The van der Waals surface area contributed by atoms with Crippen molar-refractivity contribution in [3.05, 3.63) is 35.8 Å². The van der Waals surface area contributed by atoms with E-state index in [-0.39, 0.29) is 11.8 Å². The minimum atomic E-state index is 0.168. The molecule has 0 bridgehead atoms. The maximum absolute atomic E-state index is 12.3. The van der Waals surface area contributed by atoms with Gasteiger partial charge in [-0.1, -0.05) is 13.0 Å². The maximum atomic E-state index is 12.3. The lowest BCUT2D eigenvalue weighted by atomic mass is 10.1. The van der Waals surface area contributed by atoms with Gasteiger partial charge in [-0.05, 0) is 26.0 Å². The molecule has 0 aromatic carbocycles. The number of ketones is 1. The molecule has 1 aromatic heterocycles. The van der Waals surface area contributed by atoms with Crippen molar-refractivity contribution in [2.45, 2.75) is 33.2 Å². The number of carbonyl (C=O) groups excluding carboxylic acids is 1. The zero-order chi connectivity index (χ0) is 14.0. The van der Waals surface area contributed by atoms with E-state index < -0.39 is 0 Å². The molecule has 19 heavy (non-hydrogen) atoms. The number of aromatic nitrogens is 1. The molecule has 1 aromatic rings. The van der Waals surface area contributed by atoms with Crippen molar-refractivity contribution in [2.75, 3.05) is 18.5 Å². The molecule has 1 aliphatic heterocycles. The van der Waals surface area contributed by atoms with Gasteiger partial charge < -0.3 is 9.80 Å². The number of hydrogen-bond acceptors (Lipinski definition) is 4. The zero-order valence-corrected chi connectivity index (χ0v) is 12.1. The van der Waals surface area contributed by atoms with Gasteiger partial charge in [-0.25, -0.2) is 4.98 Å². The standard InChI is InChI=1S/C15H21N3O/c1-5-13(19)15-12(3)17(4)10-11(2)18(15)14-8-6-7-9-16-14/h6-9,11H,5,10H2,1-4H3. The largest absolute Gasteiger partial charge is 0.374 e. The van der Waals surface area contributed by atoms with E-state index in [0.29, 0.717) is 6.42 Å². The normalized spacial score (nSPS) is 19.9. The van der Waals surface area contributed by atoms with Gasteiger partial charge in [-0.2, -0.15) is 0 Å². The number of allylic oxidation sites excluding steroid dienone is 2. The molecule has 102 valence electrons. The number of hydrogen-bond donors (Lipinski definition) is 0. The molecule has 4 heteroatoms. The van der Waals surface area contributed by atoms with E-state index in [1.54, 1.807) is 6.20 Å². The second-order valence-electron chi connectivity index (χ2n) is 5.00. The van der Waals surface area contributed by atoms with Gasteiger partial charge in [0, 0.05) is 31.9 Å². The van der Waals surface area contributed by atoms with Crippen LogP contribution in [-0.4, -0.2) is 35.3 Å². The Balaban J connectivity index is 2.52. The van der Waals surface area contributed by atoms with Crippen molar-refractivity contribution >= 4 is 11.6 Å². The monoisotopic (exact) mass is 259 g/mol. The van der Waals surface area contributed by atoms with Gasteiger partial charge in [0.05, 0.1) is 6.04 Å². The summed E-state index contributed by atoms with van der Waals surface area (Å²) in [4.78, 5) is 20.9. The molecule has 0 N–H and O–H groups in total. The Hall–Kier alpha value is -1.84. The molecule has 1 atom stereocenters. The van der Waals surface area contributed by atoms with Gasteiger partial charge in [0.15, 0.2) is 5.78 Å². The van der Waals surface area contributed by atoms with Crippen molar-refractivity contribution < 1.29 is 4.79 Å². The lowest BCUT2D eigenvalue weighted by Crippen LogP contribution is -2.48. The summed E-state index contributed by atoms with van der Waals surface area (Å²) in [6.45, 7) is 6.92. The van der Waals surface area contributed by atoms with E-state index in [9.17, 15) is 4.79 Å². The summed E-state index contributed by atoms with van der Waals surface area (Å²) in [7, 11) is 2.03. The summed E-state index contributed by atoms with van der Waals surface area (Å²) in [5.74, 6) is 1.01. The summed E-state index contributed by atoms with van der Waals surface area (Å²) < 4.78 is 0. The van der Waals surface area contributed by atoms with Crippen LogP contribution >= 0.6 is 0 Å². The van der Waals surface area contributed by atoms with Crippen molar-refractivity contribution in [1.82, 2.24) is 9.88 Å². The van der Waals surface area contributed by atoms with E-state index in [0.717, 1.165) is 23.8 Å². The topological polar surface area (TPSA) is 36.4 Å². The highest BCUT2D eigenvalue weighted by Crippen LogP contribution is 2.28. The zero-order valence-electron chi connectivity index (χ0n) is 12.1. The van der Waals surface area contributed by atoms with Crippen LogP contribution in [-0.2, 0) is 4.79 Å². The SMILES string of the molecule is CCC(=O)C1=C(C)N(C)CC(C)N1c1ccccn1. The van der Waals surface area contributed by atoms with Crippen molar-refractivity contribution in [3.8, 4) is 0 Å². The molecule has 0 amide bonds. The third-order valence-electron chi connectivity index (χ3n) is 3.62. The van der Waals surface area contributed by atoms with E-state index in [2.05, 4.69) is 21.7 Å². The van der Waals surface area contributed by atoms with E-state index in [4.69, 9.17) is 0 Å². The summed E-state index contributed by atoms with van der Waals surface area (Å²) in [6, 6.07) is 6.03. The first kappa shape index (κ1) is 13.6. The van der Waals surface area contributed by atoms with Gasteiger partial charge in [-0.3, -0.25) is 4.79 Å². The van der Waals surface area contributed by atoms with Crippen LogP contribution in [0.2, 0.25) is 0 Å². The van der Waals surface area contributed by atoms with E-state index in [1.807, 2.05) is 39.1 Å². The van der Waals surface area contributed by atoms with Crippen molar-refractivity contribution in [3.63, 3.8) is 0 Å². The molecular weight excluding hydrogens is 238 g/mol. The minimum absolute atomic E-state index is 0.168. The average molecular weight is 259 g/mol. The predicted molar refractivity (Wildman–Crippen MR) is 76.8 cm³/mol. The van der Waals surface area contributed by atoms with Crippen LogP contribution in [0.5, 0.6) is 0 Å². The Morgan fingerprint density at radius 2 is 2.21 bits per heavy atom. The number of anilines is 1. The molecule has 0 aliphatic carbocycles. The number of rotatable bonds is 3. The predicted octanol–water partition coefficient (Wildman–Crippen LogP) is 2.43. The number of pyridine rings is 1. The quantitative estimate of drug-likeness (QED) is 0.835. The molecular formula is C15H21N3O. The highest BCUT2D eigenvalue weighted by molar-refractivity contribution is 5.99. The van der Waals surface area contributed by atoms with Gasteiger partial charge in [0.25, 0.3) is 0 Å². The highest BCUT2D eigenvalue weighted by Gasteiger charge is 2.31. The van der Waals surface area contributed by atoms with Gasteiger partial charge >= 0.3 is 0 Å². The minimum Gasteiger partial charge on any atom is -0.374 e. The first-order valence-electron chi connectivity index (χ1n) is 6.71. The van der Waals surface area contributed by atoms with Crippen LogP contribution in [0, 0.1) is 0 Å². The molecule has 2 heterocycles. The number of likely N-dealkylation sites (N-methyl/N-ethyl adjacent to an activating group) is 1. The Morgan fingerprint density at radius 1 is 1.47 bits per heavy atom. The molecule has 0 fully saturated rings. The average Bonchev–Trinajstić information content (AvgIpc) is 2.42. The van der Waals surface area contributed by atoms with Gasteiger partial charge in [0.1, 0.15) is 11.5 Å². The lowest BCUT2D eigenvalue weighted by Gasteiger charge is -2.41. The van der Waals surface area contributed by atoms with Gasteiger partial charge in [-0.15, -0.1) is 0 Å². The smallest absolute Gasteiger partial charge is 0.180 e. The van der Waals surface area contributed by atoms with Crippen LogP contribution < -0.4 is 4.90 Å². The van der Waals surface area contributed by atoms with Gasteiger partial charge in [0.2, 0.25) is 0 Å². The number of nitrogens with zero attached hydrogens (tertiary/aromatic N) is 3. The van der Waals surface area contributed by atoms with E-state index >= 15 is 0 Å². The number of carbonyl (C=O) groups is 1. The third-order valence-corrected chi connectivity index (χ3v) is 3.62. The fourth-order valence-electron chi connectivity index (χ4n) is 2.53. The van der Waals surface area contributed by atoms with Crippen LogP contribution in [0.3, 0.4) is 0 Å². The van der Waals surface area contributed by atoms with E-state index in [1.165, 1.54) is 0 Å². The summed E-state index contributed by atoms with van der Waals surface area (Å²) in [5.41, 5.74) is 1.80. The van der Waals surface area contributed by atoms with Crippen LogP contribution in [0.15, 0.2) is 35.8 Å². The van der Waals surface area contributed by atoms with Crippen molar-refractivity contribution in [2.24, 2.45) is 0 Å². The summed E-state index contributed by atoms with van der Waals surface area (Å²) in [5, 5.41) is 0. The molecule has 0 saturated carbocycles. The second-order valence-corrected chi connectivity index (χ2v) is 5.00. The summed E-state index contributed by atoms with van der Waals surface area (Å²) in [6.07, 6.45) is 2.28. The third kappa shape index (κ3) is 2.48. The first-order chi connectivity index (χ1) is 9.06. The number of Topliss-reactive ketones (excluding diaryl/α,β-unsaturated/α-hetero) is 1. The molecule has 4 nitrogen and oxygen atoms in total. The van der Waals surface area contributed by atoms with Crippen LogP contribution in [0.25, 0.3) is 0 Å². The first-order valence-corrected chi connectivity index (χ1v) is 6.71. The fraction of sp³-hybridized carbons (Fsp3) is 0.467.